The Labute approximate surface area is 173 Å². The van der Waals surface area contributed by atoms with Gasteiger partial charge in [0, 0.05) is 43.8 Å². The highest BCUT2D eigenvalue weighted by Gasteiger charge is 2.36. The summed E-state index contributed by atoms with van der Waals surface area (Å²) in [5.41, 5.74) is 1.22. The summed E-state index contributed by atoms with van der Waals surface area (Å²) in [4.78, 5) is 30.5. The number of rotatable bonds is 7. The Morgan fingerprint density at radius 3 is 2.83 bits per heavy atom. The van der Waals surface area contributed by atoms with E-state index in [1.807, 2.05) is 6.92 Å². The molecule has 0 spiro atoms. The number of ether oxygens (including phenoxy) is 3. The molecule has 1 aromatic heterocycles. The van der Waals surface area contributed by atoms with Crippen LogP contribution in [-0.2, 0) is 16.0 Å². The van der Waals surface area contributed by atoms with E-state index in [1.165, 1.54) is 17.2 Å². The quantitative estimate of drug-likeness (QED) is 0.693. The van der Waals surface area contributed by atoms with Gasteiger partial charge in [-0.15, -0.1) is 0 Å². The monoisotopic (exact) mass is 414 g/mol. The van der Waals surface area contributed by atoms with Crippen molar-refractivity contribution in [3.05, 3.63) is 47.4 Å². The second-order valence-electron chi connectivity index (χ2n) is 7.48. The third kappa shape index (κ3) is 4.00. The highest BCUT2D eigenvalue weighted by atomic mass is 19.1. The summed E-state index contributed by atoms with van der Waals surface area (Å²) in [6, 6.07) is 6.29. The number of Topliss-reactive ketones (excluding diaryl/α,β-unsaturated/α-hetero) is 1. The molecule has 2 atom stereocenters. The zero-order valence-corrected chi connectivity index (χ0v) is 16.9. The van der Waals surface area contributed by atoms with Crippen LogP contribution in [0.5, 0.6) is 11.6 Å². The summed E-state index contributed by atoms with van der Waals surface area (Å²) in [6.07, 6.45) is 1.84. The normalized spacial score (nSPS) is 19.2. The SMILES string of the molecule is COCC(C)Oc1ccc(O[C@@H]2CCN(c3cc(F)c4c(c3)C(=O)CC4)C2=O)cn1. The molecule has 1 fully saturated rings. The molecule has 2 aliphatic rings. The number of fused-ring (bicyclic) bond motifs is 1. The van der Waals surface area contributed by atoms with Gasteiger partial charge in [0.25, 0.3) is 5.91 Å². The Balaban J connectivity index is 1.42. The minimum atomic E-state index is -0.696. The summed E-state index contributed by atoms with van der Waals surface area (Å²) >= 11 is 0. The van der Waals surface area contributed by atoms with Crippen LogP contribution in [0.2, 0.25) is 0 Å². The molecular weight excluding hydrogens is 391 g/mol. The number of halogens is 1. The van der Waals surface area contributed by atoms with E-state index in [0.29, 0.717) is 60.9 Å². The van der Waals surface area contributed by atoms with E-state index >= 15 is 0 Å². The maximum Gasteiger partial charge on any atom is 0.268 e. The van der Waals surface area contributed by atoms with Gasteiger partial charge in [-0.05, 0) is 37.1 Å². The second kappa shape index (κ2) is 8.39. The maximum absolute atomic E-state index is 14.4. The molecule has 0 radical (unpaired) electrons. The highest BCUT2D eigenvalue weighted by Crippen LogP contribution is 2.32. The number of nitrogens with zero attached hydrogens (tertiary/aromatic N) is 2. The standard InChI is InChI=1S/C22H23FN2O5/c1-13(12-28-2)29-21-6-3-15(11-24-21)30-20-7-8-25(22(20)27)14-9-17-16(18(23)10-14)4-5-19(17)26/h3,6,9-11,13,20H,4-5,7-8,12H2,1-2H3/t13?,20-/m1/s1. The molecule has 4 rings (SSSR count). The number of ketones is 1. The predicted molar refractivity (Wildman–Crippen MR) is 107 cm³/mol. The van der Waals surface area contributed by atoms with Crippen molar-refractivity contribution < 1.29 is 28.2 Å². The van der Waals surface area contributed by atoms with Crippen LogP contribution in [0.4, 0.5) is 10.1 Å². The smallest absolute Gasteiger partial charge is 0.268 e. The van der Waals surface area contributed by atoms with Gasteiger partial charge in [-0.3, -0.25) is 9.59 Å². The van der Waals surface area contributed by atoms with Gasteiger partial charge in [0.1, 0.15) is 17.7 Å². The van der Waals surface area contributed by atoms with Crippen LogP contribution < -0.4 is 14.4 Å². The average Bonchev–Trinajstić information content (AvgIpc) is 3.27. The number of hydrogen-bond acceptors (Lipinski definition) is 6. The van der Waals surface area contributed by atoms with Crippen LogP contribution in [0.1, 0.15) is 35.7 Å². The van der Waals surface area contributed by atoms with E-state index in [1.54, 1.807) is 25.3 Å². The zero-order chi connectivity index (χ0) is 21.3. The number of methoxy groups -OCH3 is 1. The summed E-state index contributed by atoms with van der Waals surface area (Å²) in [5.74, 6) is 0.0852. The van der Waals surface area contributed by atoms with Crippen molar-refractivity contribution in [3.8, 4) is 11.6 Å². The van der Waals surface area contributed by atoms with Crippen LogP contribution in [-0.4, -0.2) is 49.1 Å². The minimum Gasteiger partial charge on any atom is -0.479 e. The number of anilines is 1. The number of carbonyl (C=O) groups excluding carboxylic acids is 2. The lowest BCUT2D eigenvalue weighted by atomic mass is 10.1. The average molecular weight is 414 g/mol. The summed E-state index contributed by atoms with van der Waals surface area (Å²) in [6.45, 7) is 2.71. The Morgan fingerprint density at radius 2 is 2.10 bits per heavy atom. The Morgan fingerprint density at radius 1 is 1.27 bits per heavy atom. The topological polar surface area (TPSA) is 78.0 Å². The third-order valence-electron chi connectivity index (χ3n) is 5.26. The molecule has 1 aliphatic carbocycles. The molecule has 1 aromatic carbocycles. The van der Waals surface area contributed by atoms with Gasteiger partial charge in [-0.1, -0.05) is 0 Å². The molecule has 2 aromatic rings. The van der Waals surface area contributed by atoms with Crippen LogP contribution in [0.25, 0.3) is 0 Å². The first kappa shape index (κ1) is 20.3. The molecule has 158 valence electrons. The van der Waals surface area contributed by atoms with Gasteiger partial charge in [-0.25, -0.2) is 9.37 Å². The molecule has 30 heavy (non-hydrogen) atoms. The molecule has 0 N–H and O–H groups in total. The molecule has 1 aliphatic heterocycles. The summed E-state index contributed by atoms with van der Waals surface area (Å²) in [5, 5.41) is 0. The molecule has 1 amide bonds. The molecule has 8 heteroatoms. The van der Waals surface area contributed by atoms with Crippen LogP contribution in [0.3, 0.4) is 0 Å². The van der Waals surface area contributed by atoms with Crippen molar-refractivity contribution >= 4 is 17.4 Å². The van der Waals surface area contributed by atoms with E-state index in [2.05, 4.69) is 4.98 Å². The summed E-state index contributed by atoms with van der Waals surface area (Å²) < 4.78 is 30.8. The molecule has 0 bridgehead atoms. The lowest BCUT2D eigenvalue weighted by Crippen LogP contribution is -2.32. The van der Waals surface area contributed by atoms with E-state index in [4.69, 9.17) is 14.2 Å². The summed E-state index contributed by atoms with van der Waals surface area (Å²) in [7, 11) is 1.60. The molecule has 2 heterocycles. The minimum absolute atomic E-state index is 0.0848. The van der Waals surface area contributed by atoms with Crippen molar-refractivity contribution in [2.24, 2.45) is 0 Å². The van der Waals surface area contributed by atoms with Gasteiger partial charge in [0.2, 0.25) is 5.88 Å². The van der Waals surface area contributed by atoms with Crippen molar-refractivity contribution in [1.29, 1.82) is 0 Å². The Kier molecular flexibility index (Phi) is 5.67. The first-order valence-corrected chi connectivity index (χ1v) is 9.91. The van der Waals surface area contributed by atoms with Crippen LogP contribution in [0, 0.1) is 5.82 Å². The fourth-order valence-corrected chi connectivity index (χ4v) is 3.82. The molecule has 0 saturated carbocycles. The Hall–Kier alpha value is -3.00. The van der Waals surface area contributed by atoms with Crippen molar-refractivity contribution in [1.82, 2.24) is 4.98 Å². The number of hydrogen-bond donors (Lipinski definition) is 0. The van der Waals surface area contributed by atoms with E-state index in [9.17, 15) is 14.0 Å². The molecule has 1 saturated heterocycles. The second-order valence-corrected chi connectivity index (χ2v) is 7.48. The lowest BCUT2D eigenvalue weighted by molar-refractivity contribution is -0.122. The molecule has 1 unspecified atom stereocenters. The van der Waals surface area contributed by atoms with Gasteiger partial charge in [-0.2, -0.15) is 0 Å². The van der Waals surface area contributed by atoms with E-state index in [0.717, 1.165) is 0 Å². The largest absolute Gasteiger partial charge is 0.479 e. The Bertz CT molecular complexity index is 963. The molecule has 7 nitrogen and oxygen atoms in total. The number of aromatic nitrogens is 1. The van der Waals surface area contributed by atoms with E-state index in [-0.39, 0.29) is 17.8 Å². The number of benzene rings is 1. The van der Waals surface area contributed by atoms with Gasteiger partial charge in [0.05, 0.1) is 12.8 Å². The van der Waals surface area contributed by atoms with Crippen molar-refractivity contribution in [3.63, 3.8) is 0 Å². The maximum atomic E-state index is 14.4. The van der Waals surface area contributed by atoms with E-state index < -0.39 is 11.9 Å². The number of carbonyl (C=O) groups is 2. The van der Waals surface area contributed by atoms with Gasteiger partial charge in [0.15, 0.2) is 11.9 Å². The predicted octanol–water partition coefficient (Wildman–Crippen LogP) is 2.95. The highest BCUT2D eigenvalue weighted by molar-refractivity contribution is 6.04. The van der Waals surface area contributed by atoms with Crippen molar-refractivity contribution in [2.45, 2.75) is 38.4 Å². The fourth-order valence-electron chi connectivity index (χ4n) is 3.82. The fraction of sp³-hybridized carbons (Fsp3) is 0.409. The first-order valence-electron chi connectivity index (χ1n) is 9.91. The first-order chi connectivity index (χ1) is 14.5. The number of pyridine rings is 1. The zero-order valence-electron chi connectivity index (χ0n) is 16.9. The lowest BCUT2D eigenvalue weighted by Gasteiger charge is -2.18. The van der Waals surface area contributed by atoms with Crippen LogP contribution >= 0.6 is 0 Å². The molecular formula is C22H23FN2O5. The van der Waals surface area contributed by atoms with Crippen LogP contribution in [0.15, 0.2) is 30.5 Å². The van der Waals surface area contributed by atoms with Gasteiger partial charge >= 0.3 is 0 Å². The van der Waals surface area contributed by atoms with Crippen molar-refractivity contribution in [2.75, 3.05) is 25.2 Å². The van der Waals surface area contributed by atoms with Gasteiger partial charge < -0.3 is 19.1 Å². The third-order valence-corrected chi connectivity index (χ3v) is 5.26. The number of amides is 1.